The second-order valence-corrected chi connectivity index (χ2v) is 5.00. The molecule has 8 heteroatoms. The molecule has 1 aromatic rings. The molecule has 4 nitrogen and oxygen atoms in total. The van der Waals surface area contributed by atoms with Gasteiger partial charge in [0.15, 0.2) is 5.82 Å². The van der Waals surface area contributed by atoms with Crippen LogP contribution in [-0.2, 0) is 19.1 Å². The van der Waals surface area contributed by atoms with E-state index in [1.54, 1.807) is 0 Å². The Labute approximate surface area is 122 Å². The van der Waals surface area contributed by atoms with E-state index in [1.807, 2.05) is 0 Å². The van der Waals surface area contributed by atoms with Crippen LogP contribution >= 0.6 is 11.6 Å². The van der Waals surface area contributed by atoms with Gasteiger partial charge in [0.05, 0.1) is 0 Å². The molecular formula is C13H8ClF3O4. The molecule has 1 saturated heterocycles. The Morgan fingerprint density at radius 1 is 1.10 bits per heavy atom. The van der Waals surface area contributed by atoms with E-state index in [4.69, 9.17) is 21.1 Å². The minimum absolute atomic E-state index is 0.335. The first-order valence-electron chi connectivity index (χ1n) is 5.64. The maximum atomic E-state index is 13.7. The summed E-state index contributed by atoms with van der Waals surface area (Å²) < 4.78 is 49.8. The Bertz CT molecular complexity index is 660. The first-order chi connectivity index (χ1) is 9.62. The van der Waals surface area contributed by atoms with Crippen molar-refractivity contribution in [3.8, 4) is 0 Å². The zero-order valence-electron chi connectivity index (χ0n) is 10.8. The SMILES string of the molecule is CC1(C)OC(=O)C(=Cc2c(F)cc(F)c(Cl)c2F)C(=O)O1. The summed E-state index contributed by atoms with van der Waals surface area (Å²) in [6.07, 6.45) is 0.565. The van der Waals surface area contributed by atoms with Crippen LogP contribution in [0.1, 0.15) is 19.4 Å². The predicted molar refractivity (Wildman–Crippen MR) is 65.6 cm³/mol. The van der Waals surface area contributed by atoms with Crippen LogP contribution in [0.4, 0.5) is 13.2 Å². The third kappa shape index (κ3) is 2.87. The van der Waals surface area contributed by atoms with Crippen molar-refractivity contribution < 1.29 is 32.2 Å². The van der Waals surface area contributed by atoms with Crippen molar-refractivity contribution in [1.82, 2.24) is 0 Å². The summed E-state index contributed by atoms with van der Waals surface area (Å²) in [5.41, 5.74) is -1.57. The van der Waals surface area contributed by atoms with Gasteiger partial charge in [-0.25, -0.2) is 22.8 Å². The summed E-state index contributed by atoms with van der Waals surface area (Å²) in [5, 5.41) is -0.957. The fourth-order valence-corrected chi connectivity index (χ4v) is 1.79. The van der Waals surface area contributed by atoms with Crippen molar-refractivity contribution in [3.05, 3.63) is 39.7 Å². The molecule has 0 atom stereocenters. The number of cyclic esters (lactones) is 2. The van der Waals surface area contributed by atoms with Crippen LogP contribution in [0.5, 0.6) is 0 Å². The molecule has 0 unspecified atom stereocenters. The lowest BCUT2D eigenvalue weighted by Gasteiger charge is -2.29. The van der Waals surface area contributed by atoms with Gasteiger partial charge in [-0.05, 0) is 6.08 Å². The lowest BCUT2D eigenvalue weighted by molar-refractivity contribution is -0.222. The fraction of sp³-hybridized carbons (Fsp3) is 0.231. The summed E-state index contributed by atoms with van der Waals surface area (Å²) in [4.78, 5) is 23.3. The predicted octanol–water partition coefficient (Wildman–Crippen LogP) is 2.98. The Morgan fingerprint density at radius 3 is 2.14 bits per heavy atom. The van der Waals surface area contributed by atoms with Crippen LogP contribution in [0.25, 0.3) is 6.08 Å². The molecule has 0 aliphatic carbocycles. The van der Waals surface area contributed by atoms with Gasteiger partial charge in [-0.3, -0.25) is 0 Å². The van der Waals surface area contributed by atoms with Crippen molar-refractivity contribution >= 4 is 29.6 Å². The number of hydrogen-bond donors (Lipinski definition) is 0. The average molecular weight is 321 g/mol. The highest BCUT2D eigenvalue weighted by molar-refractivity contribution is 6.31. The van der Waals surface area contributed by atoms with Crippen molar-refractivity contribution in [2.45, 2.75) is 19.6 Å². The standard InChI is InChI=1S/C13H8ClF3O4/c1-13(2)20-11(18)6(12(19)21-13)3-5-7(15)4-8(16)9(14)10(5)17/h3-4H,1-2H3. The maximum Gasteiger partial charge on any atom is 0.348 e. The van der Waals surface area contributed by atoms with Gasteiger partial charge in [0.25, 0.3) is 5.79 Å². The van der Waals surface area contributed by atoms with Gasteiger partial charge in [-0.15, -0.1) is 0 Å². The lowest BCUT2D eigenvalue weighted by Crippen LogP contribution is -2.41. The fourth-order valence-electron chi connectivity index (χ4n) is 1.64. The van der Waals surface area contributed by atoms with Gasteiger partial charge in [0.1, 0.15) is 22.2 Å². The molecule has 2 rings (SSSR count). The zero-order valence-corrected chi connectivity index (χ0v) is 11.6. The van der Waals surface area contributed by atoms with Gasteiger partial charge in [-0.2, -0.15) is 0 Å². The normalized spacial score (nSPS) is 17.3. The van der Waals surface area contributed by atoms with E-state index in [2.05, 4.69) is 0 Å². The molecule has 0 spiro atoms. The molecule has 0 aromatic heterocycles. The third-order valence-electron chi connectivity index (χ3n) is 2.56. The molecule has 1 fully saturated rings. The molecule has 0 radical (unpaired) electrons. The summed E-state index contributed by atoms with van der Waals surface area (Å²) in [7, 11) is 0. The Kier molecular flexibility index (Phi) is 3.71. The highest BCUT2D eigenvalue weighted by atomic mass is 35.5. The summed E-state index contributed by atoms with van der Waals surface area (Å²) in [5.74, 6) is -7.78. The van der Waals surface area contributed by atoms with Crippen LogP contribution in [0.3, 0.4) is 0 Å². The molecule has 1 heterocycles. The van der Waals surface area contributed by atoms with Crippen LogP contribution in [0.2, 0.25) is 5.02 Å². The smallest absolute Gasteiger partial charge is 0.348 e. The zero-order chi connectivity index (χ0) is 15.9. The first kappa shape index (κ1) is 15.4. The van der Waals surface area contributed by atoms with Crippen LogP contribution in [-0.4, -0.2) is 17.7 Å². The Morgan fingerprint density at radius 2 is 1.62 bits per heavy atom. The number of hydrogen-bond acceptors (Lipinski definition) is 4. The van der Waals surface area contributed by atoms with Gasteiger partial charge in [0.2, 0.25) is 0 Å². The van der Waals surface area contributed by atoms with Gasteiger partial charge in [-0.1, -0.05) is 11.6 Å². The topological polar surface area (TPSA) is 52.6 Å². The third-order valence-corrected chi connectivity index (χ3v) is 2.90. The molecular weight excluding hydrogens is 313 g/mol. The molecule has 1 aromatic carbocycles. The van der Waals surface area contributed by atoms with Gasteiger partial charge < -0.3 is 9.47 Å². The summed E-state index contributed by atoms with van der Waals surface area (Å²) >= 11 is 5.31. The van der Waals surface area contributed by atoms with E-state index in [-0.39, 0.29) is 0 Å². The van der Waals surface area contributed by atoms with Gasteiger partial charge in [0, 0.05) is 25.5 Å². The lowest BCUT2D eigenvalue weighted by atomic mass is 10.1. The average Bonchev–Trinajstić information content (AvgIpc) is 2.33. The maximum absolute atomic E-state index is 13.7. The van der Waals surface area contributed by atoms with E-state index in [0.29, 0.717) is 12.1 Å². The molecule has 0 saturated carbocycles. The molecule has 0 amide bonds. The quantitative estimate of drug-likeness (QED) is 0.262. The minimum atomic E-state index is -1.48. The Hall–Kier alpha value is -2.02. The van der Waals surface area contributed by atoms with E-state index in [9.17, 15) is 22.8 Å². The van der Waals surface area contributed by atoms with Crippen molar-refractivity contribution in [2.75, 3.05) is 0 Å². The largest absolute Gasteiger partial charge is 0.419 e. The van der Waals surface area contributed by atoms with E-state index >= 15 is 0 Å². The number of ether oxygens (including phenoxy) is 2. The molecule has 112 valence electrons. The summed E-state index contributed by atoms with van der Waals surface area (Å²) in [6, 6.07) is 0.335. The second kappa shape index (κ2) is 5.07. The van der Waals surface area contributed by atoms with Crippen LogP contribution in [0.15, 0.2) is 11.6 Å². The number of rotatable bonds is 1. The van der Waals surface area contributed by atoms with Crippen molar-refractivity contribution in [1.29, 1.82) is 0 Å². The Balaban J connectivity index is 2.53. The van der Waals surface area contributed by atoms with E-state index < -0.39 is 51.3 Å². The van der Waals surface area contributed by atoms with Crippen molar-refractivity contribution in [2.24, 2.45) is 0 Å². The number of halogens is 4. The molecule has 0 bridgehead atoms. The second-order valence-electron chi connectivity index (χ2n) is 4.62. The van der Waals surface area contributed by atoms with E-state index in [0.717, 1.165) is 0 Å². The molecule has 21 heavy (non-hydrogen) atoms. The van der Waals surface area contributed by atoms with Gasteiger partial charge >= 0.3 is 11.9 Å². The number of carbonyl (C=O) groups excluding carboxylic acids is 2. The summed E-state index contributed by atoms with van der Waals surface area (Å²) in [6.45, 7) is 2.63. The first-order valence-corrected chi connectivity index (χ1v) is 6.01. The number of esters is 2. The monoisotopic (exact) mass is 320 g/mol. The highest BCUT2D eigenvalue weighted by Crippen LogP contribution is 2.29. The van der Waals surface area contributed by atoms with Crippen molar-refractivity contribution in [3.63, 3.8) is 0 Å². The highest BCUT2D eigenvalue weighted by Gasteiger charge is 2.39. The molecule has 0 N–H and O–H groups in total. The minimum Gasteiger partial charge on any atom is -0.419 e. The molecule has 1 aliphatic heterocycles. The van der Waals surface area contributed by atoms with Crippen LogP contribution < -0.4 is 0 Å². The number of carbonyl (C=O) groups is 2. The number of benzene rings is 1. The van der Waals surface area contributed by atoms with Crippen LogP contribution in [0, 0.1) is 17.5 Å². The molecule has 1 aliphatic rings. The van der Waals surface area contributed by atoms with E-state index in [1.165, 1.54) is 13.8 Å².